The first-order valence-corrected chi connectivity index (χ1v) is 9.87. The van der Waals surface area contributed by atoms with Gasteiger partial charge < -0.3 is 13.8 Å². The van der Waals surface area contributed by atoms with E-state index in [-0.39, 0.29) is 29.7 Å². The van der Waals surface area contributed by atoms with Gasteiger partial charge in [0.25, 0.3) is 5.91 Å². The van der Waals surface area contributed by atoms with Gasteiger partial charge in [-0.05, 0) is 32.0 Å². The molecule has 1 fully saturated rings. The SMILES string of the molecule is Cc1noc(C)c1S(=O)(=O)N1CCN(C(=O)c2ccc3ocnc3c2)CC1. The first-order chi connectivity index (χ1) is 12.9. The number of rotatable bonds is 3. The van der Waals surface area contributed by atoms with Gasteiger partial charge in [-0.3, -0.25) is 4.79 Å². The van der Waals surface area contributed by atoms with E-state index in [4.69, 9.17) is 8.94 Å². The monoisotopic (exact) mass is 390 g/mol. The maximum absolute atomic E-state index is 12.9. The van der Waals surface area contributed by atoms with Crippen LogP contribution in [0.15, 0.2) is 38.4 Å². The smallest absolute Gasteiger partial charge is 0.254 e. The van der Waals surface area contributed by atoms with Gasteiger partial charge in [0.15, 0.2) is 17.7 Å². The van der Waals surface area contributed by atoms with Crippen molar-refractivity contribution in [1.29, 1.82) is 0 Å². The second-order valence-corrected chi connectivity index (χ2v) is 8.26. The summed E-state index contributed by atoms with van der Waals surface area (Å²) >= 11 is 0. The van der Waals surface area contributed by atoms with E-state index >= 15 is 0 Å². The van der Waals surface area contributed by atoms with Crippen LogP contribution in [-0.4, -0.2) is 59.8 Å². The van der Waals surface area contributed by atoms with Crippen LogP contribution >= 0.6 is 0 Å². The van der Waals surface area contributed by atoms with E-state index in [0.717, 1.165) is 0 Å². The minimum atomic E-state index is -3.70. The first-order valence-electron chi connectivity index (χ1n) is 8.43. The number of piperazine rings is 1. The molecule has 0 N–H and O–H groups in total. The summed E-state index contributed by atoms with van der Waals surface area (Å²) in [5.41, 5.74) is 2.06. The molecule has 2 aromatic heterocycles. The fraction of sp³-hybridized carbons (Fsp3) is 0.353. The molecule has 142 valence electrons. The Morgan fingerprint density at radius 2 is 1.89 bits per heavy atom. The fourth-order valence-electron chi connectivity index (χ4n) is 3.28. The number of carbonyl (C=O) groups is 1. The molecule has 3 heterocycles. The zero-order chi connectivity index (χ0) is 19.2. The lowest BCUT2D eigenvalue weighted by atomic mass is 10.1. The van der Waals surface area contributed by atoms with Crippen molar-refractivity contribution >= 4 is 27.0 Å². The van der Waals surface area contributed by atoms with Crippen LogP contribution in [0.4, 0.5) is 0 Å². The summed E-state index contributed by atoms with van der Waals surface area (Å²) in [6.45, 7) is 4.21. The Morgan fingerprint density at radius 1 is 1.15 bits per heavy atom. The van der Waals surface area contributed by atoms with Gasteiger partial charge in [0, 0.05) is 31.7 Å². The number of amides is 1. The Bertz CT molecular complexity index is 1090. The lowest BCUT2D eigenvalue weighted by molar-refractivity contribution is 0.0698. The Morgan fingerprint density at radius 3 is 2.56 bits per heavy atom. The molecule has 1 aliphatic rings. The average molecular weight is 390 g/mol. The average Bonchev–Trinajstić information content (AvgIpc) is 3.26. The van der Waals surface area contributed by atoms with E-state index < -0.39 is 10.0 Å². The highest BCUT2D eigenvalue weighted by atomic mass is 32.2. The summed E-state index contributed by atoms with van der Waals surface area (Å²) in [6, 6.07) is 5.06. The molecule has 1 saturated heterocycles. The summed E-state index contributed by atoms with van der Waals surface area (Å²) in [4.78, 5) is 18.5. The quantitative estimate of drug-likeness (QED) is 0.668. The number of benzene rings is 1. The molecule has 0 atom stereocenters. The van der Waals surface area contributed by atoms with E-state index in [9.17, 15) is 13.2 Å². The number of fused-ring (bicyclic) bond motifs is 1. The molecule has 0 spiro atoms. The van der Waals surface area contributed by atoms with Crippen molar-refractivity contribution < 1.29 is 22.2 Å². The number of nitrogens with zero attached hydrogens (tertiary/aromatic N) is 4. The van der Waals surface area contributed by atoms with Gasteiger partial charge in [-0.1, -0.05) is 5.16 Å². The van der Waals surface area contributed by atoms with Crippen molar-refractivity contribution in [3.05, 3.63) is 41.6 Å². The number of carbonyl (C=O) groups excluding carboxylic acids is 1. The summed E-state index contributed by atoms with van der Waals surface area (Å²) < 4.78 is 37.2. The topological polar surface area (TPSA) is 110 Å². The minimum Gasteiger partial charge on any atom is -0.443 e. The van der Waals surface area contributed by atoms with Crippen LogP contribution in [0.1, 0.15) is 21.8 Å². The Balaban J connectivity index is 1.49. The highest BCUT2D eigenvalue weighted by molar-refractivity contribution is 7.89. The first kappa shape index (κ1) is 17.7. The molecule has 0 aliphatic carbocycles. The predicted octanol–water partition coefficient (Wildman–Crippen LogP) is 1.58. The van der Waals surface area contributed by atoms with Crippen LogP contribution in [0.2, 0.25) is 0 Å². The van der Waals surface area contributed by atoms with Crippen molar-refractivity contribution in [3.63, 3.8) is 0 Å². The van der Waals surface area contributed by atoms with Crippen LogP contribution in [-0.2, 0) is 10.0 Å². The molecule has 27 heavy (non-hydrogen) atoms. The number of hydrogen-bond acceptors (Lipinski definition) is 7. The largest absolute Gasteiger partial charge is 0.443 e. The standard InChI is InChI=1S/C17H18N4O5S/c1-11-16(12(2)26-19-11)27(23,24)21-7-5-20(6-8-21)17(22)13-3-4-15-14(9-13)18-10-25-15/h3-4,9-10H,5-8H2,1-2H3. The van der Waals surface area contributed by atoms with E-state index in [2.05, 4.69) is 10.1 Å². The number of hydrogen-bond donors (Lipinski definition) is 0. The van der Waals surface area contributed by atoms with Gasteiger partial charge >= 0.3 is 0 Å². The summed E-state index contributed by atoms with van der Waals surface area (Å²) in [5.74, 6) is 0.112. The molecule has 0 unspecified atom stereocenters. The molecule has 0 radical (unpaired) electrons. The fourth-order valence-corrected chi connectivity index (χ4v) is 4.99. The third kappa shape index (κ3) is 3.00. The van der Waals surface area contributed by atoms with Crippen molar-refractivity contribution in [1.82, 2.24) is 19.3 Å². The summed E-state index contributed by atoms with van der Waals surface area (Å²) in [6.07, 6.45) is 1.33. The lowest BCUT2D eigenvalue weighted by Crippen LogP contribution is -2.50. The number of aryl methyl sites for hydroxylation is 2. The van der Waals surface area contributed by atoms with Crippen molar-refractivity contribution in [3.8, 4) is 0 Å². The van der Waals surface area contributed by atoms with Gasteiger partial charge in [0.1, 0.15) is 16.1 Å². The summed E-state index contributed by atoms with van der Waals surface area (Å²) in [7, 11) is -3.70. The zero-order valence-electron chi connectivity index (χ0n) is 14.9. The van der Waals surface area contributed by atoms with Crippen LogP contribution in [0.25, 0.3) is 11.1 Å². The van der Waals surface area contributed by atoms with Crippen LogP contribution in [0.3, 0.4) is 0 Å². The van der Waals surface area contributed by atoms with Gasteiger partial charge in [0.2, 0.25) is 10.0 Å². The second-order valence-electron chi connectivity index (χ2n) is 6.38. The second kappa shape index (κ2) is 6.46. The van der Waals surface area contributed by atoms with Crippen LogP contribution < -0.4 is 0 Å². The zero-order valence-corrected chi connectivity index (χ0v) is 15.7. The molecular formula is C17H18N4O5S. The highest BCUT2D eigenvalue weighted by Gasteiger charge is 2.34. The number of oxazole rings is 1. The lowest BCUT2D eigenvalue weighted by Gasteiger charge is -2.34. The van der Waals surface area contributed by atoms with Gasteiger partial charge in [0.05, 0.1) is 0 Å². The Labute approximate surface area is 155 Å². The maximum atomic E-state index is 12.9. The molecule has 4 rings (SSSR count). The molecule has 0 bridgehead atoms. The van der Waals surface area contributed by atoms with E-state index in [0.29, 0.717) is 35.4 Å². The van der Waals surface area contributed by atoms with E-state index in [1.165, 1.54) is 10.7 Å². The Hall–Kier alpha value is -2.72. The molecule has 1 aromatic carbocycles. The van der Waals surface area contributed by atoms with Gasteiger partial charge in [-0.25, -0.2) is 13.4 Å². The normalized spacial score (nSPS) is 16.1. The van der Waals surface area contributed by atoms with Gasteiger partial charge in [-0.2, -0.15) is 4.31 Å². The van der Waals surface area contributed by atoms with Crippen LogP contribution in [0.5, 0.6) is 0 Å². The van der Waals surface area contributed by atoms with Gasteiger partial charge in [-0.15, -0.1) is 0 Å². The Kier molecular flexibility index (Phi) is 4.23. The maximum Gasteiger partial charge on any atom is 0.254 e. The highest BCUT2D eigenvalue weighted by Crippen LogP contribution is 2.24. The van der Waals surface area contributed by atoms with E-state index in [1.54, 1.807) is 36.9 Å². The van der Waals surface area contributed by atoms with E-state index in [1.807, 2.05) is 0 Å². The van der Waals surface area contributed by atoms with Crippen LogP contribution in [0, 0.1) is 13.8 Å². The molecule has 1 amide bonds. The molecule has 3 aromatic rings. The molecular weight excluding hydrogens is 372 g/mol. The van der Waals surface area contributed by atoms with Crippen molar-refractivity contribution in [2.75, 3.05) is 26.2 Å². The van der Waals surface area contributed by atoms with Crippen molar-refractivity contribution in [2.45, 2.75) is 18.7 Å². The minimum absolute atomic E-state index is 0.110. The molecule has 10 heteroatoms. The molecule has 0 saturated carbocycles. The molecule has 1 aliphatic heterocycles. The number of aromatic nitrogens is 2. The summed E-state index contributed by atoms with van der Waals surface area (Å²) in [5, 5.41) is 3.72. The third-order valence-electron chi connectivity index (χ3n) is 4.67. The molecule has 9 nitrogen and oxygen atoms in total. The predicted molar refractivity (Wildman–Crippen MR) is 94.6 cm³/mol. The van der Waals surface area contributed by atoms with Crippen molar-refractivity contribution in [2.24, 2.45) is 0 Å². The number of sulfonamides is 1. The third-order valence-corrected chi connectivity index (χ3v) is 6.81.